The topological polar surface area (TPSA) is 38.1 Å². The fraction of sp³-hybridized carbons (Fsp3) is 0.500. The van der Waals surface area contributed by atoms with E-state index in [9.17, 15) is 0 Å². The van der Waals surface area contributed by atoms with Crippen molar-refractivity contribution in [3.63, 3.8) is 0 Å². The summed E-state index contributed by atoms with van der Waals surface area (Å²) in [5, 5.41) is 4.58. The Balaban J connectivity index is 1.82. The molecule has 0 aromatic carbocycles. The second-order valence-electron chi connectivity index (χ2n) is 4.79. The molecule has 4 heteroatoms. The van der Waals surface area contributed by atoms with Crippen molar-refractivity contribution in [1.82, 2.24) is 10.3 Å². The van der Waals surface area contributed by atoms with Crippen LogP contribution in [0.15, 0.2) is 23.0 Å². The Morgan fingerprint density at radius 3 is 3.06 bits per heavy atom. The van der Waals surface area contributed by atoms with Gasteiger partial charge in [0.2, 0.25) is 0 Å². The Hall–Kier alpha value is -1.13. The zero-order valence-electron chi connectivity index (χ0n) is 10.6. The Morgan fingerprint density at radius 1 is 1.50 bits per heavy atom. The summed E-state index contributed by atoms with van der Waals surface area (Å²) in [7, 11) is 0. The molecule has 3 nitrogen and oxygen atoms in total. The molecule has 2 heterocycles. The van der Waals surface area contributed by atoms with E-state index in [4.69, 9.17) is 9.40 Å². The number of nitrogens with one attached hydrogen (secondary N) is 1. The van der Waals surface area contributed by atoms with Gasteiger partial charge in [0.25, 0.3) is 0 Å². The molecule has 0 unspecified atom stereocenters. The van der Waals surface area contributed by atoms with Gasteiger partial charge in [-0.3, -0.25) is 0 Å². The molecule has 0 atom stereocenters. The molecule has 2 aromatic rings. The molecule has 1 saturated carbocycles. The van der Waals surface area contributed by atoms with E-state index in [0.717, 1.165) is 23.7 Å². The first kappa shape index (κ1) is 11.9. The number of rotatable bonds is 6. The van der Waals surface area contributed by atoms with Crippen LogP contribution < -0.4 is 5.32 Å². The summed E-state index contributed by atoms with van der Waals surface area (Å²) in [6.45, 7) is 4.22. The molecule has 3 rings (SSSR count). The number of nitrogens with zero attached hydrogens (tertiary/aromatic N) is 1. The van der Waals surface area contributed by atoms with E-state index in [-0.39, 0.29) is 0 Å². The van der Waals surface area contributed by atoms with Gasteiger partial charge in [0.1, 0.15) is 11.3 Å². The maximum Gasteiger partial charge on any atom is 0.127 e. The monoisotopic (exact) mass is 262 g/mol. The Kier molecular flexibility index (Phi) is 3.48. The third-order valence-electron chi connectivity index (χ3n) is 3.17. The molecular weight excluding hydrogens is 244 g/mol. The lowest BCUT2D eigenvalue weighted by Gasteiger charge is -2.01. The van der Waals surface area contributed by atoms with Crippen LogP contribution in [0, 0.1) is 0 Å². The van der Waals surface area contributed by atoms with Crippen molar-refractivity contribution in [1.29, 1.82) is 0 Å². The fourth-order valence-electron chi connectivity index (χ4n) is 2.05. The summed E-state index contributed by atoms with van der Waals surface area (Å²) < 4.78 is 5.14. The lowest BCUT2D eigenvalue weighted by Crippen LogP contribution is -2.13. The highest BCUT2D eigenvalue weighted by molar-refractivity contribution is 7.15. The Morgan fingerprint density at radius 2 is 2.39 bits per heavy atom. The second kappa shape index (κ2) is 5.24. The molecule has 0 amide bonds. The predicted octanol–water partition coefficient (Wildman–Crippen LogP) is 3.78. The van der Waals surface area contributed by atoms with Crippen molar-refractivity contribution in [2.24, 2.45) is 0 Å². The minimum atomic E-state index is 0.709. The van der Waals surface area contributed by atoms with E-state index in [1.165, 1.54) is 29.8 Å². The van der Waals surface area contributed by atoms with E-state index in [1.807, 2.05) is 6.07 Å². The van der Waals surface area contributed by atoms with Gasteiger partial charge in [0.05, 0.1) is 12.0 Å². The molecule has 0 bridgehead atoms. The molecule has 1 aliphatic carbocycles. The van der Waals surface area contributed by atoms with Crippen LogP contribution in [0.3, 0.4) is 0 Å². The minimum Gasteiger partial charge on any atom is -0.472 e. The van der Waals surface area contributed by atoms with Crippen molar-refractivity contribution >= 4 is 11.3 Å². The summed E-state index contributed by atoms with van der Waals surface area (Å²) in [6, 6.07) is 1.98. The second-order valence-corrected chi connectivity index (χ2v) is 5.87. The van der Waals surface area contributed by atoms with Gasteiger partial charge in [0.15, 0.2) is 0 Å². The van der Waals surface area contributed by atoms with Gasteiger partial charge in [-0.25, -0.2) is 4.98 Å². The van der Waals surface area contributed by atoms with Crippen LogP contribution in [0.4, 0.5) is 0 Å². The van der Waals surface area contributed by atoms with Gasteiger partial charge in [0, 0.05) is 22.9 Å². The molecule has 1 fully saturated rings. The molecule has 2 aromatic heterocycles. The first-order chi connectivity index (χ1) is 8.88. The fourth-order valence-corrected chi connectivity index (χ4v) is 3.16. The van der Waals surface area contributed by atoms with Crippen LogP contribution in [0.1, 0.15) is 42.7 Å². The molecule has 1 aliphatic rings. The third kappa shape index (κ3) is 2.49. The van der Waals surface area contributed by atoms with E-state index in [1.54, 1.807) is 23.9 Å². The molecule has 1 N–H and O–H groups in total. The zero-order valence-corrected chi connectivity index (χ0v) is 11.4. The first-order valence-electron chi connectivity index (χ1n) is 6.61. The summed E-state index contributed by atoms with van der Waals surface area (Å²) >= 11 is 1.80. The summed E-state index contributed by atoms with van der Waals surface area (Å²) in [5.74, 6) is 0.709. The van der Waals surface area contributed by atoms with Crippen LogP contribution in [-0.4, -0.2) is 11.5 Å². The molecule has 96 valence electrons. The Bertz CT molecular complexity index is 500. The number of hydrogen-bond acceptors (Lipinski definition) is 4. The van der Waals surface area contributed by atoms with Gasteiger partial charge >= 0.3 is 0 Å². The van der Waals surface area contributed by atoms with Crippen LogP contribution in [0.25, 0.3) is 10.6 Å². The minimum absolute atomic E-state index is 0.709. The maximum atomic E-state index is 5.14. The SMILES string of the molecule is CCCNCc1sc(-c2ccoc2)nc1C1CC1. The summed E-state index contributed by atoms with van der Waals surface area (Å²) in [5.41, 5.74) is 2.42. The molecular formula is C14H18N2OS. The van der Waals surface area contributed by atoms with E-state index in [0.29, 0.717) is 5.92 Å². The highest BCUT2D eigenvalue weighted by Gasteiger charge is 2.29. The van der Waals surface area contributed by atoms with E-state index >= 15 is 0 Å². The van der Waals surface area contributed by atoms with E-state index in [2.05, 4.69) is 12.2 Å². The number of furan rings is 1. The zero-order chi connectivity index (χ0) is 12.4. The van der Waals surface area contributed by atoms with Gasteiger partial charge in [-0.15, -0.1) is 11.3 Å². The van der Waals surface area contributed by atoms with Crippen molar-refractivity contribution in [2.75, 3.05) is 6.54 Å². The smallest absolute Gasteiger partial charge is 0.127 e. The molecule has 0 aliphatic heterocycles. The predicted molar refractivity (Wildman–Crippen MR) is 73.8 cm³/mol. The van der Waals surface area contributed by atoms with Crippen LogP contribution in [0.2, 0.25) is 0 Å². The van der Waals surface area contributed by atoms with Crippen molar-refractivity contribution < 1.29 is 4.42 Å². The van der Waals surface area contributed by atoms with Crippen LogP contribution >= 0.6 is 11.3 Å². The van der Waals surface area contributed by atoms with Crippen molar-refractivity contribution in [2.45, 2.75) is 38.6 Å². The van der Waals surface area contributed by atoms with Crippen molar-refractivity contribution in [3.8, 4) is 10.6 Å². The summed E-state index contributed by atoms with van der Waals surface area (Å²) in [4.78, 5) is 6.22. The number of aromatic nitrogens is 1. The van der Waals surface area contributed by atoms with Gasteiger partial charge in [-0.2, -0.15) is 0 Å². The lowest BCUT2D eigenvalue weighted by molar-refractivity contribution is 0.568. The lowest BCUT2D eigenvalue weighted by atomic mass is 10.2. The third-order valence-corrected chi connectivity index (χ3v) is 4.29. The average molecular weight is 262 g/mol. The van der Waals surface area contributed by atoms with Crippen LogP contribution in [0.5, 0.6) is 0 Å². The normalized spacial score (nSPS) is 15.2. The van der Waals surface area contributed by atoms with E-state index < -0.39 is 0 Å². The van der Waals surface area contributed by atoms with Gasteiger partial charge in [-0.1, -0.05) is 6.92 Å². The van der Waals surface area contributed by atoms with Gasteiger partial charge in [-0.05, 0) is 31.9 Å². The molecule has 0 spiro atoms. The highest BCUT2D eigenvalue weighted by Crippen LogP contribution is 2.44. The quantitative estimate of drug-likeness (QED) is 0.805. The number of thiazole rings is 1. The maximum absolute atomic E-state index is 5.14. The molecule has 18 heavy (non-hydrogen) atoms. The number of hydrogen-bond donors (Lipinski definition) is 1. The highest BCUT2D eigenvalue weighted by atomic mass is 32.1. The van der Waals surface area contributed by atoms with Crippen molar-refractivity contribution in [3.05, 3.63) is 29.2 Å². The molecule has 0 saturated heterocycles. The largest absolute Gasteiger partial charge is 0.472 e. The Labute approximate surface area is 111 Å². The van der Waals surface area contributed by atoms with Crippen LogP contribution in [-0.2, 0) is 6.54 Å². The van der Waals surface area contributed by atoms with Gasteiger partial charge < -0.3 is 9.73 Å². The first-order valence-corrected chi connectivity index (χ1v) is 7.43. The standard InChI is InChI=1S/C14H18N2OS/c1-2-6-15-8-12-13(10-3-4-10)16-14(18-12)11-5-7-17-9-11/h5,7,9-10,15H,2-4,6,8H2,1H3. The average Bonchev–Trinajstić information content (AvgIpc) is 2.93. The molecule has 0 radical (unpaired) electrons. The summed E-state index contributed by atoms with van der Waals surface area (Å²) in [6.07, 6.45) is 7.26.